The van der Waals surface area contributed by atoms with Gasteiger partial charge in [-0.3, -0.25) is 9.59 Å². The first-order valence-electron chi connectivity index (χ1n) is 7.91. The average molecular weight is 381 g/mol. The fourth-order valence-electron chi connectivity index (χ4n) is 3.00. The van der Waals surface area contributed by atoms with Gasteiger partial charge < -0.3 is 9.80 Å². The summed E-state index contributed by atoms with van der Waals surface area (Å²) in [7, 11) is 1.70. The maximum atomic E-state index is 14.2. The lowest BCUT2D eigenvalue weighted by Crippen LogP contribution is -2.34. The molecule has 2 aromatic rings. The van der Waals surface area contributed by atoms with Crippen LogP contribution in [0.5, 0.6) is 0 Å². The molecule has 1 aromatic carbocycles. The highest BCUT2D eigenvalue weighted by Crippen LogP contribution is 2.29. The lowest BCUT2D eigenvalue weighted by atomic mass is 10.1. The van der Waals surface area contributed by atoms with E-state index in [2.05, 4.69) is 0 Å². The molecule has 1 unspecified atom stereocenters. The van der Waals surface area contributed by atoms with Crippen LogP contribution in [0.1, 0.15) is 16.9 Å². The Kier molecular flexibility index (Phi) is 5.11. The number of nitrogens with zero attached hydrogens (tertiary/aromatic N) is 2. The molecule has 1 aliphatic heterocycles. The number of carbonyl (C=O) groups excluding carboxylic acids is 2. The van der Waals surface area contributed by atoms with Gasteiger partial charge in [-0.1, -0.05) is 17.7 Å². The van der Waals surface area contributed by atoms with Gasteiger partial charge in [0.15, 0.2) is 0 Å². The molecule has 4 nitrogen and oxygen atoms in total. The first kappa shape index (κ1) is 17.9. The van der Waals surface area contributed by atoms with Crippen molar-refractivity contribution in [3.05, 3.63) is 50.9 Å². The Morgan fingerprint density at radius 3 is 2.80 bits per heavy atom. The highest BCUT2D eigenvalue weighted by atomic mass is 35.5. The van der Waals surface area contributed by atoms with Gasteiger partial charge in [-0.2, -0.15) is 0 Å². The predicted molar refractivity (Wildman–Crippen MR) is 97.4 cm³/mol. The summed E-state index contributed by atoms with van der Waals surface area (Å²) in [6, 6.07) is 8.41. The fraction of sp³-hybridized carbons (Fsp3) is 0.333. The van der Waals surface area contributed by atoms with E-state index >= 15 is 0 Å². The smallest absolute Gasteiger partial charge is 0.228 e. The van der Waals surface area contributed by atoms with Crippen molar-refractivity contribution in [2.75, 3.05) is 18.5 Å². The quantitative estimate of drug-likeness (QED) is 0.808. The van der Waals surface area contributed by atoms with Crippen molar-refractivity contribution in [2.24, 2.45) is 5.92 Å². The van der Waals surface area contributed by atoms with E-state index in [0.717, 1.165) is 10.4 Å². The second-order valence-electron chi connectivity index (χ2n) is 6.26. The lowest BCUT2D eigenvalue weighted by molar-refractivity contribution is -0.135. The van der Waals surface area contributed by atoms with E-state index in [-0.39, 0.29) is 30.5 Å². The Balaban J connectivity index is 1.69. The third-order valence-electron chi connectivity index (χ3n) is 4.27. The molecule has 1 atom stereocenters. The van der Waals surface area contributed by atoms with Gasteiger partial charge in [0, 0.05) is 24.9 Å². The number of hydrogen-bond acceptors (Lipinski definition) is 3. The molecule has 2 amide bonds. The van der Waals surface area contributed by atoms with Gasteiger partial charge in [-0.25, -0.2) is 4.39 Å². The van der Waals surface area contributed by atoms with E-state index < -0.39 is 11.7 Å². The number of thiophene rings is 1. The Morgan fingerprint density at radius 2 is 2.16 bits per heavy atom. The molecule has 1 saturated heterocycles. The number of rotatable bonds is 4. The summed E-state index contributed by atoms with van der Waals surface area (Å²) in [5.74, 6) is -1.25. The zero-order valence-electron chi connectivity index (χ0n) is 14.0. The molecule has 0 N–H and O–H groups in total. The summed E-state index contributed by atoms with van der Waals surface area (Å²) in [5, 5.41) is 0. The Hall–Kier alpha value is -1.92. The van der Waals surface area contributed by atoms with Crippen molar-refractivity contribution in [3.63, 3.8) is 0 Å². The van der Waals surface area contributed by atoms with Gasteiger partial charge >= 0.3 is 0 Å². The third-order valence-corrected chi connectivity index (χ3v) is 5.48. The predicted octanol–water partition coefficient (Wildman–Crippen LogP) is 3.86. The van der Waals surface area contributed by atoms with Gasteiger partial charge in [-0.15, -0.1) is 11.3 Å². The first-order valence-corrected chi connectivity index (χ1v) is 9.10. The molecule has 2 heterocycles. The Bertz CT molecular complexity index is 823. The molecule has 25 heavy (non-hydrogen) atoms. The molecular weight excluding hydrogens is 363 g/mol. The molecule has 0 saturated carbocycles. The first-order chi connectivity index (χ1) is 11.8. The van der Waals surface area contributed by atoms with Crippen LogP contribution >= 0.6 is 22.9 Å². The third kappa shape index (κ3) is 3.85. The summed E-state index contributed by atoms with van der Waals surface area (Å²) in [5.41, 5.74) is 1.02. The lowest BCUT2D eigenvalue weighted by Gasteiger charge is -2.21. The van der Waals surface area contributed by atoms with E-state index in [1.165, 1.54) is 22.3 Å². The Morgan fingerprint density at radius 1 is 1.40 bits per heavy atom. The minimum absolute atomic E-state index is 0.0989. The largest absolute Gasteiger partial charge is 0.340 e. The van der Waals surface area contributed by atoms with Crippen molar-refractivity contribution in [1.82, 2.24) is 4.90 Å². The van der Waals surface area contributed by atoms with Gasteiger partial charge in [0.05, 0.1) is 22.5 Å². The van der Waals surface area contributed by atoms with Crippen LogP contribution in [0.2, 0.25) is 4.34 Å². The molecule has 1 aromatic heterocycles. The summed E-state index contributed by atoms with van der Waals surface area (Å²) in [6.07, 6.45) is 0.0989. The molecular formula is C18H18ClFN2O2S. The standard InChI is InChI=1S/C18H18ClFN2O2S/c1-11-3-5-15(14(20)7-11)22-9-12(8-17(22)23)18(24)21(2)10-13-4-6-16(19)25-13/h3-7,12H,8-10H2,1-2H3. The van der Waals surface area contributed by atoms with E-state index in [4.69, 9.17) is 11.6 Å². The highest BCUT2D eigenvalue weighted by Gasteiger charge is 2.37. The zero-order valence-corrected chi connectivity index (χ0v) is 15.5. The number of aryl methyl sites for hydroxylation is 1. The second kappa shape index (κ2) is 7.14. The summed E-state index contributed by atoms with van der Waals surface area (Å²) < 4.78 is 14.8. The van der Waals surface area contributed by atoms with E-state index in [1.54, 1.807) is 37.1 Å². The van der Waals surface area contributed by atoms with Crippen molar-refractivity contribution < 1.29 is 14.0 Å². The van der Waals surface area contributed by atoms with Gasteiger partial charge in [-0.05, 0) is 36.8 Å². The molecule has 0 radical (unpaired) electrons. The van der Waals surface area contributed by atoms with Crippen LogP contribution in [0.3, 0.4) is 0 Å². The van der Waals surface area contributed by atoms with Crippen LogP contribution in [-0.4, -0.2) is 30.3 Å². The van der Waals surface area contributed by atoms with E-state index in [9.17, 15) is 14.0 Å². The van der Waals surface area contributed by atoms with Crippen molar-refractivity contribution in [3.8, 4) is 0 Å². The average Bonchev–Trinajstić information content (AvgIpc) is 3.12. The van der Waals surface area contributed by atoms with Crippen LogP contribution in [0.4, 0.5) is 10.1 Å². The topological polar surface area (TPSA) is 40.6 Å². The molecule has 132 valence electrons. The maximum Gasteiger partial charge on any atom is 0.228 e. The number of anilines is 1. The van der Waals surface area contributed by atoms with E-state index in [0.29, 0.717) is 10.9 Å². The summed E-state index contributed by atoms with van der Waals surface area (Å²) in [6.45, 7) is 2.43. The highest BCUT2D eigenvalue weighted by molar-refractivity contribution is 7.16. The Labute approximate surface area is 154 Å². The van der Waals surface area contributed by atoms with Gasteiger partial charge in [0.25, 0.3) is 0 Å². The second-order valence-corrected chi connectivity index (χ2v) is 8.06. The molecule has 1 fully saturated rings. The van der Waals surface area contributed by atoms with Crippen molar-refractivity contribution in [1.29, 1.82) is 0 Å². The molecule has 0 aliphatic carbocycles. The van der Waals surface area contributed by atoms with Crippen molar-refractivity contribution >= 4 is 40.4 Å². The van der Waals surface area contributed by atoms with Gasteiger partial charge in [0.1, 0.15) is 5.82 Å². The minimum Gasteiger partial charge on any atom is -0.340 e. The number of benzene rings is 1. The summed E-state index contributed by atoms with van der Waals surface area (Å²) in [4.78, 5) is 28.9. The minimum atomic E-state index is -0.464. The molecule has 0 spiro atoms. The number of carbonyl (C=O) groups is 2. The van der Waals surface area contributed by atoms with Crippen LogP contribution in [0, 0.1) is 18.7 Å². The SMILES string of the molecule is Cc1ccc(N2CC(C(=O)N(C)Cc3ccc(Cl)s3)CC2=O)c(F)c1. The normalized spacial score (nSPS) is 17.2. The number of hydrogen-bond donors (Lipinski definition) is 0. The number of amides is 2. The molecule has 0 bridgehead atoms. The zero-order chi connectivity index (χ0) is 18.1. The monoisotopic (exact) mass is 380 g/mol. The summed E-state index contributed by atoms with van der Waals surface area (Å²) >= 11 is 7.33. The molecule has 7 heteroatoms. The van der Waals surface area contributed by atoms with Crippen LogP contribution in [-0.2, 0) is 16.1 Å². The fourth-order valence-corrected chi connectivity index (χ4v) is 4.14. The van der Waals surface area contributed by atoms with E-state index in [1.807, 2.05) is 6.07 Å². The van der Waals surface area contributed by atoms with Crippen molar-refractivity contribution in [2.45, 2.75) is 19.9 Å². The van der Waals surface area contributed by atoms with Crippen LogP contribution in [0.15, 0.2) is 30.3 Å². The van der Waals surface area contributed by atoms with Gasteiger partial charge in [0.2, 0.25) is 11.8 Å². The number of halogens is 2. The molecule has 3 rings (SSSR count). The molecule has 1 aliphatic rings. The van der Waals surface area contributed by atoms with Crippen LogP contribution < -0.4 is 4.90 Å². The van der Waals surface area contributed by atoms with Crippen LogP contribution in [0.25, 0.3) is 0 Å². The maximum absolute atomic E-state index is 14.2.